The van der Waals surface area contributed by atoms with E-state index in [2.05, 4.69) is 15.0 Å². The minimum atomic E-state index is -3.53. The molecule has 3 aromatic rings. The van der Waals surface area contributed by atoms with E-state index in [1.54, 1.807) is 12.1 Å². The van der Waals surface area contributed by atoms with E-state index in [0.717, 1.165) is 22.7 Å². The Balaban J connectivity index is 1.91. The average Bonchev–Trinajstić information content (AvgIpc) is 3.09. The second-order valence-electron chi connectivity index (χ2n) is 8.04. The van der Waals surface area contributed by atoms with E-state index in [1.807, 2.05) is 24.5 Å². The molecular weight excluding hydrogens is 450 g/mol. The van der Waals surface area contributed by atoms with Crippen molar-refractivity contribution >= 4 is 50.0 Å². The highest BCUT2D eigenvalue weighted by atomic mass is 32.2. The van der Waals surface area contributed by atoms with E-state index in [1.165, 1.54) is 0 Å². The van der Waals surface area contributed by atoms with Crippen molar-refractivity contribution in [1.82, 2.24) is 19.3 Å². The SMILES string of the molecule is CCOCc1nc2c(NC(=O)COCC=O)nc3cccc4c3c2n1CC4(C)NS(C)(=O)=O. The van der Waals surface area contributed by atoms with Gasteiger partial charge in [-0.15, -0.1) is 0 Å². The zero-order chi connectivity index (χ0) is 23.8. The number of imidazole rings is 1. The molecular formula is C21H25N5O6S. The van der Waals surface area contributed by atoms with Gasteiger partial charge in [0.05, 0.1) is 22.8 Å². The van der Waals surface area contributed by atoms with Crippen molar-refractivity contribution in [3.05, 3.63) is 29.6 Å². The van der Waals surface area contributed by atoms with E-state index in [9.17, 15) is 18.0 Å². The molecule has 3 heterocycles. The lowest BCUT2D eigenvalue weighted by molar-refractivity contribution is -0.122. The number of ether oxygens (including phenoxy) is 2. The third-order valence-corrected chi connectivity index (χ3v) is 6.20. The van der Waals surface area contributed by atoms with Crippen molar-refractivity contribution in [3.8, 4) is 0 Å². The number of carbonyl (C=O) groups excluding carboxylic acids is 2. The van der Waals surface area contributed by atoms with Crippen LogP contribution >= 0.6 is 0 Å². The molecule has 12 heteroatoms. The summed E-state index contributed by atoms with van der Waals surface area (Å²) in [6, 6.07) is 5.46. The Morgan fingerprint density at radius 3 is 2.79 bits per heavy atom. The molecule has 1 unspecified atom stereocenters. The number of nitrogens with one attached hydrogen (secondary N) is 2. The number of anilines is 1. The van der Waals surface area contributed by atoms with Crippen LogP contribution in [-0.4, -0.2) is 61.2 Å². The highest BCUT2D eigenvalue weighted by Gasteiger charge is 2.38. The molecule has 0 fully saturated rings. The maximum Gasteiger partial charge on any atom is 0.251 e. The predicted molar refractivity (Wildman–Crippen MR) is 121 cm³/mol. The van der Waals surface area contributed by atoms with E-state index in [4.69, 9.17) is 14.5 Å². The smallest absolute Gasteiger partial charge is 0.251 e. The maximum absolute atomic E-state index is 12.3. The van der Waals surface area contributed by atoms with Gasteiger partial charge in [0, 0.05) is 18.5 Å². The Bertz CT molecular complexity index is 1350. The molecule has 1 aliphatic heterocycles. The van der Waals surface area contributed by atoms with Gasteiger partial charge in [-0.05, 0) is 25.5 Å². The van der Waals surface area contributed by atoms with E-state index < -0.39 is 21.5 Å². The molecule has 0 saturated heterocycles. The Hall–Kier alpha value is -2.93. The summed E-state index contributed by atoms with van der Waals surface area (Å²) in [5.74, 6) is 0.373. The lowest BCUT2D eigenvalue weighted by Crippen LogP contribution is -2.47. The fourth-order valence-corrected chi connectivity index (χ4v) is 5.25. The van der Waals surface area contributed by atoms with Crippen molar-refractivity contribution in [2.75, 3.05) is 31.4 Å². The van der Waals surface area contributed by atoms with Crippen molar-refractivity contribution in [2.45, 2.75) is 32.5 Å². The van der Waals surface area contributed by atoms with Crippen LogP contribution in [0.1, 0.15) is 25.2 Å². The monoisotopic (exact) mass is 475 g/mol. The highest BCUT2D eigenvalue weighted by molar-refractivity contribution is 7.88. The summed E-state index contributed by atoms with van der Waals surface area (Å²) in [4.78, 5) is 32.1. The van der Waals surface area contributed by atoms with Gasteiger partial charge < -0.3 is 24.2 Å². The minimum absolute atomic E-state index is 0.184. The maximum atomic E-state index is 12.3. The van der Waals surface area contributed by atoms with Gasteiger partial charge >= 0.3 is 0 Å². The molecule has 0 saturated carbocycles. The number of rotatable bonds is 10. The second kappa shape index (κ2) is 8.78. The number of hydrogen-bond acceptors (Lipinski definition) is 8. The Kier molecular flexibility index (Phi) is 6.18. The molecule has 0 radical (unpaired) electrons. The minimum Gasteiger partial charge on any atom is -0.374 e. The third kappa shape index (κ3) is 4.47. The van der Waals surface area contributed by atoms with Crippen molar-refractivity contribution < 1.29 is 27.5 Å². The number of nitrogens with zero attached hydrogens (tertiary/aromatic N) is 3. The molecule has 11 nitrogen and oxygen atoms in total. The summed E-state index contributed by atoms with van der Waals surface area (Å²) in [6.07, 6.45) is 1.69. The molecule has 1 amide bonds. The van der Waals surface area contributed by atoms with Gasteiger partial charge in [-0.25, -0.2) is 23.1 Å². The number of pyridine rings is 1. The van der Waals surface area contributed by atoms with Crippen molar-refractivity contribution in [1.29, 1.82) is 0 Å². The van der Waals surface area contributed by atoms with Crippen LogP contribution in [0.4, 0.5) is 5.82 Å². The van der Waals surface area contributed by atoms with E-state index in [0.29, 0.717) is 29.8 Å². The molecule has 2 N–H and O–H groups in total. The lowest BCUT2D eigenvalue weighted by Gasteiger charge is -2.36. The molecule has 0 bridgehead atoms. The normalized spacial score (nSPS) is 17.7. The van der Waals surface area contributed by atoms with Crippen LogP contribution in [0.5, 0.6) is 0 Å². The summed E-state index contributed by atoms with van der Waals surface area (Å²) in [6.45, 7) is 4.17. The summed E-state index contributed by atoms with van der Waals surface area (Å²) >= 11 is 0. The van der Waals surface area contributed by atoms with Crippen LogP contribution in [0.15, 0.2) is 18.2 Å². The highest BCUT2D eigenvalue weighted by Crippen LogP contribution is 2.42. The fraction of sp³-hybridized carbons (Fsp3) is 0.429. The van der Waals surface area contributed by atoms with Crippen molar-refractivity contribution in [3.63, 3.8) is 0 Å². The van der Waals surface area contributed by atoms with Crippen LogP contribution in [0.25, 0.3) is 21.9 Å². The first kappa shape index (κ1) is 23.2. The van der Waals surface area contributed by atoms with Crippen LogP contribution in [0.3, 0.4) is 0 Å². The summed E-state index contributed by atoms with van der Waals surface area (Å²) in [5, 5.41) is 3.47. The molecule has 0 spiro atoms. The zero-order valence-corrected chi connectivity index (χ0v) is 19.4. The van der Waals surface area contributed by atoms with Crippen LogP contribution in [0.2, 0.25) is 0 Å². The van der Waals surface area contributed by atoms with Gasteiger partial charge in [0.25, 0.3) is 5.91 Å². The number of hydrogen-bond donors (Lipinski definition) is 2. The molecule has 33 heavy (non-hydrogen) atoms. The zero-order valence-electron chi connectivity index (χ0n) is 18.5. The first-order chi connectivity index (χ1) is 15.7. The number of aldehydes is 1. The number of aromatic nitrogens is 3. The number of carbonyl (C=O) groups is 2. The lowest BCUT2D eigenvalue weighted by atomic mass is 9.86. The summed E-state index contributed by atoms with van der Waals surface area (Å²) in [5.41, 5.74) is 1.61. The van der Waals surface area contributed by atoms with Gasteiger partial charge in [-0.1, -0.05) is 12.1 Å². The number of amides is 1. The van der Waals surface area contributed by atoms with Crippen molar-refractivity contribution in [2.24, 2.45) is 0 Å². The molecule has 2 aromatic heterocycles. The molecule has 4 rings (SSSR count). The Morgan fingerprint density at radius 2 is 2.09 bits per heavy atom. The first-order valence-electron chi connectivity index (χ1n) is 10.4. The fourth-order valence-electron chi connectivity index (χ4n) is 4.26. The first-order valence-corrected chi connectivity index (χ1v) is 12.3. The Morgan fingerprint density at radius 1 is 1.30 bits per heavy atom. The molecule has 176 valence electrons. The number of benzene rings is 1. The van der Waals surface area contributed by atoms with Gasteiger partial charge in [0.15, 0.2) is 5.82 Å². The van der Waals surface area contributed by atoms with Gasteiger partial charge in [-0.3, -0.25) is 4.79 Å². The standard InChI is InChI=1S/C21H25N5O6S/c1-4-31-10-15-23-18-19-17-13(21(2,12-26(15)19)25-33(3,29)30)6-5-7-14(17)22-20(18)24-16(28)11-32-9-8-27/h5-8,25H,4,9-12H2,1-3H3,(H,22,24,28). The third-order valence-electron chi connectivity index (χ3n) is 5.37. The number of sulfonamides is 1. The Labute approximate surface area is 190 Å². The van der Waals surface area contributed by atoms with Crippen LogP contribution in [0, 0.1) is 0 Å². The molecule has 1 atom stereocenters. The van der Waals surface area contributed by atoms with E-state index >= 15 is 0 Å². The van der Waals surface area contributed by atoms with Gasteiger partial charge in [0.1, 0.15) is 37.4 Å². The van der Waals surface area contributed by atoms with E-state index in [-0.39, 0.29) is 32.2 Å². The predicted octanol–water partition coefficient (Wildman–Crippen LogP) is 1.05. The summed E-state index contributed by atoms with van der Waals surface area (Å²) in [7, 11) is -3.53. The average molecular weight is 476 g/mol. The van der Waals surface area contributed by atoms with Crippen LogP contribution in [-0.2, 0) is 47.8 Å². The second-order valence-corrected chi connectivity index (χ2v) is 9.79. The molecule has 1 aliphatic rings. The quantitative estimate of drug-likeness (QED) is 0.327. The van der Waals surface area contributed by atoms with Crippen LogP contribution < -0.4 is 10.0 Å². The summed E-state index contributed by atoms with van der Waals surface area (Å²) < 4.78 is 39.7. The molecule has 0 aliphatic carbocycles. The topological polar surface area (TPSA) is 142 Å². The largest absolute Gasteiger partial charge is 0.374 e. The van der Waals surface area contributed by atoms with Gasteiger partial charge in [0.2, 0.25) is 10.0 Å². The molecule has 1 aromatic carbocycles. The van der Waals surface area contributed by atoms with Gasteiger partial charge in [-0.2, -0.15) is 0 Å².